The van der Waals surface area contributed by atoms with Crippen LogP contribution in [0.3, 0.4) is 0 Å². The van der Waals surface area contributed by atoms with Gasteiger partial charge in [0.1, 0.15) is 11.3 Å². The van der Waals surface area contributed by atoms with Gasteiger partial charge in [-0.1, -0.05) is 18.2 Å². The molecule has 0 radical (unpaired) electrons. The van der Waals surface area contributed by atoms with Gasteiger partial charge in [-0.15, -0.1) is 0 Å². The summed E-state index contributed by atoms with van der Waals surface area (Å²) < 4.78 is 11.4. The molecule has 0 fully saturated rings. The van der Waals surface area contributed by atoms with Gasteiger partial charge in [0.25, 0.3) is 0 Å². The number of ketones is 1. The second-order valence-corrected chi connectivity index (χ2v) is 6.03. The Morgan fingerprint density at radius 1 is 1.12 bits per heavy atom. The molecule has 2 aromatic carbocycles. The van der Waals surface area contributed by atoms with Crippen molar-refractivity contribution in [2.24, 2.45) is 0 Å². The molecule has 0 aliphatic heterocycles. The maximum atomic E-state index is 12.6. The highest BCUT2D eigenvalue weighted by Crippen LogP contribution is 2.22. The number of aromatic amines is 1. The standard InChI is InChI=1S/C21H18N2O3/c24-21(20-12-16-4-1-2-6-19(16)26-20)15-7-9-18(10-8-15)25-11-3-5-17-13-22-14-23-17/h1-2,4,6-10,12-14H,3,5,11H2,(H,22,23). The molecule has 4 rings (SSSR count). The summed E-state index contributed by atoms with van der Waals surface area (Å²) in [5.41, 5.74) is 2.39. The summed E-state index contributed by atoms with van der Waals surface area (Å²) in [5, 5.41) is 0.924. The fourth-order valence-corrected chi connectivity index (χ4v) is 2.81. The van der Waals surface area contributed by atoms with E-state index in [1.807, 2.05) is 42.6 Å². The molecule has 130 valence electrons. The van der Waals surface area contributed by atoms with Crippen molar-refractivity contribution in [3.63, 3.8) is 0 Å². The molecule has 0 atom stereocenters. The lowest BCUT2D eigenvalue weighted by Crippen LogP contribution is -2.01. The maximum absolute atomic E-state index is 12.6. The van der Waals surface area contributed by atoms with Crippen LogP contribution in [-0.2, 0) is 6.42 Å². The van der Waals surface area contributed by atoms with Gasteiger partial charge in [0.05, 0.1) is 12.9 Å². The number of hydrogen-bond acceptors (Lipinski definition) is 4. The Bertz CT molecular complexity index is 968. The average molecular weight is 346 g/mol. The second kappa shape index (κ2) is 7.27. The number of aromatic nitrogens is 2. The molecule has 4 aromatic rings. The first-order valence-electron chi connectivity index (χ1n) is 8.53. The lowest BCUT2D eigenvalue weighted by atomic mass is 10.1. The van der Waals surface area contributed by atoms with Crippen molar-refractivity contribution in [3.05, 3.63) is 84.1 Å². The number of carbonyl (C=O) groups excluding carboxylic acids is 1. The summed E-state index contributed by atoms with van der Waals surface area (Å²) in [6.45, 7) is 0.607. The SMILES string of the molecule is O=C(c1ccc(OCCCc2cnc[nH]2)cc1)c1cc2ccccc2o1. The summed E-state index contributed by atoms with van der Waals surface area (Å²) in [7, 11) is 0. The Morgan fingerprint density at radius 3 is 2.73 bits per heavy atom. The van der Waals surface area contributed by atoms with E-state index in [0.717, 1.165) is 29.7 Å². The van der Waals surface area contributed by atoms with Gasteiger partial charge in [0.15, 0.2) is 5.76 Å². The van der Waals surface area contributed by atoms with Crippen LogP contribution in [0.4, 0.5) is 0 Å². The number of nitrogens with one attached hydrogen (secondary N) is 1. The molecule has 2 aromatic heterocycles. The number of rotatable bonds is 7. The van der Waals surface area contributed by atoms with E-state index in [4.69, 9.17) is 9.15 Å². The highest BCUT2D eigenvalue weighted by atomic mass is 16.5. The number of H-pyrrole nitrogens is 1. The number of aryl methyl sites for hydroxylation is 1. The van der Waals surface area contributed by atoms with Crippen molar-refractivity contribution in [2.45, 2.75) is 12.8 Å². The molecule has 0 saturated heterocycles. The predicted molar refractivity (Wildman–Crippen MR) is 98.5 cm³/mol. The van der Waals surface area contributed by atoms with Gasteiger partial charge >= 0.3 is 0 Å². The Labute approximate surface area is 150 Å². The highest BCUT2D eigenvalue weighted by Gasteiger charge is 2.14. The van der Waals surface area contributed by atoms with Crippen LogP contribution in [0.15, 0.2) is 71.5 Å². The molecule has 1 N–H and O–H groups in total. The van der Waals surface area contributed by atoms with Crippen LogP contribution < -0.4 is 4.74 Å². The van der Waals surface area contributed by atoms with Crippen LogP contribution in [0, 0.1) is 0 Å². The van der Waals surface area contributed by atoms with Crippen molar-refractivity contribution >= 4 is 16.8 Å². The van der Waals surface area contributed by atoms with Crippen molar-refractivity contribution in [1.82, 2.24) is 9.97 Å². The molecule has 0 unspecified atom stereocenters. The van der Waals surface area contributed by atoms with Crippen molar-refractivity contribution in [3.8, 4) is 5.75 Å². The number of para-hydroxylation sites is 1. The minimum absolute atomic E-state index is 0.132. The lowest BCUT2D eigenvalue weighted by Gasteiger charge is -2.06. The van der Waals surface area contributed by atoms with Gasteiger partial charge in [-0.25, -0.2) is 4.98 Å². The molecule has 0 aliphatic carbocycles. The van der Waals surface area contributed by atoms with E-state index < -0.39 is 0 Å². The molecule has 5 nitrogen and oxygen atoms in total. The molecule has 5 heteroatoms. The van der Waals surface area contributed by atoms with Crippen molar-refractivity contribution < 1.29 is 13.9 Å². The summed E-state index contributed by atoms with van der Waals surface area (Å²) in [4.78, 5) is 19.6. The normalized spacial score (nSPS) is 10.9. The number of imidazole rings is 1. The van der Waals surface area contributed by atoms with Crippen LogP contribution in [0.2, 0.25) is 0 Å². The molecular formula is C21H18N2O3. The first kappa shape index (κ1) is 16.1. The summed E-state index contributed by atoms with van der Waals surface area (Å²) in [5.74, 6) is 0.960. The minimum Gasteiger partial charge on any atom is -0.494 e. The highest BCUT2D eigenvalue weighted by molar-refractivity contribution is 6.09. The third-order valence-corrected chi connectivity index (χ3v) is 4.18. The summed E-state index contributed by atoms with van der Waals surface area (Å²) in [6.07, 6.45) is 5.27. The summed E-state index contributed by atoms with van der Waals surface area (Å²) in [6, 6.07) is 16.5. The third kappa shape index (κ3) is 3.52. The van der Waals surface area contributed by atoms with Crippen molar-refractivity contribution in [1.29, 1.82) is 0 Å². The van der Waals surface area contributed by atoms with Crippen LogP contribution in [0.5, 0.6) is 5.75 Å². The Hall–Kier alpha value is -3.34. The smallest absolute Gasteiger partial charge is 0.228 e. The zero-order valence-corrected chi connectivity index (χ0v) is 14.1. The second-order valence-electron chi connectivity index (χ2n) is 6.03. The van der Waals surface area contributed by atoms with Gasteiger partial charge < -0.3 is 14.1 Å². The minimum atomic E-state index is -0.132. The first-order valence-corrected chi connectivity index (χ1v) is 8.53. The van der Waals surface area contributed by atoms with E-state index in [-0.39, 0.29) is 5.78 Å². The number of benzene rings is 2. The van der Waals surface area contributed by atoms with Crippen LogP contribution in [-0.4, -0.2) is 22.4 Å². The van der Waals surface area contributed by atoms with E-state index in [1.165, 1.54) is 0 Å². The monoisotopic (exact) mass is 346 g/mol. The predicted octanol–water partition coefficient (Wildman–Crippen LogP) is 4.40. The molecule has 0 saturated carbocycles. The van der Waals surface area contributed by atoms with Gasteiger partial charge in [0, 0.05) is 22.8 Å². The van der Waals surface area contributed by atoms with Gasteiger partial charge in [-0.3, -0.25) is 4.79 Å². The van der Waals surface area contributed by atoms with Crippen molar-refractivity contribution in [2.75, 3.05) is 6.61 Å². The molecule has 26 heavy (non-hydrogen) atoms. The number of ether oxygens (including phenoxy) is 1. The third-order valence-electron chi connectivity index (χ3n) is 4.18. The molecule has 0 bridgehead atoms. The fraction of sp³-hybridized carbons (Fsp3) is 0.143. The van der Waals surface area contributed by atoms with Gasteiger partial charge in [0.2, 0.25) is 5.78 Å². The number of hydrogen-bond donors (Lipinski definition) is 1. The summed E-state index contributed by atoms with van der Waals surface area (Å²) >= 11 is 0. The zero-order chi connectivity index (χ0) is 17.8. The average Bonchev–Trinajstić information content (AvgIpc) is 3.34. The van der Waals surface area contributed by atoms with Gasteiger partial charge in [-0.2, -0.15) is 0 Å². The zero-order valence-electron chi connectivity index (χ0n) is 14.1. The van der Waals surface area contributed by atoms with Crippen LogP contribution in [0.1, 0.15) is 28.2 Å². The number of carbonyl (C=O) groups is 1. The van der Waals surface area contributed by atoms with Gasteiger partial charge in [-0.05, 0) is 49.2 Å². The fourth-order valence-electron chi connectivity index (χ4n) is 2.81. The van der Waals surface area contributed by atoms with E-state index >= 15 is 0 Å². The lowest BCUT2D eigenvalue weighted by molar-refractivity contribution is 0.101. The van der Waals surface area contributed by atoms with Crippen LogP contribution in [0.25, 0.3) is 11.0 Å². The van der Waals surface area contributed by atoms with E-state index in [9.17, 15) is 4.79 Å². The topological polar surface area (TPSA) is 68.1 Å². The molecule has 0 spiro atoms. The molecular weight excluding hydrogens is 328 g/mol. The van der Waals surface area contributed by atoms with E-state index in [0.29, 0.717) is 23.5 Å². The Morgan fingerprint density at radius 2 is 1.96 bits per heavy atom. The molecule has 0 amide bonds. The molecule has 2 heterocycles. The number of nitrogens with zero attached hydrogens (tertiary/aromatic N) is 1. The van der Waals surface area contributed by atoms with Crippen LogP contribution >= 0.6 is 0 Å². The van der Waals surface area contributed by atoms with E-state index in [1.54, 1.807) is 24.5 Å². The first-order chi connectivity index (χ1) is 12.8. The Kier molecular flexibility index (Phi) is 4.51. The largest absolute Gasteiger partial charge is 0.494 e. The number of furan rings is 1. The maximum Gasteiger partial charge on any atom is 0.228 e. The van der Waals surface area contributed by atoms with E-state index in [2.05, 4.69) is 9.97 Å². The molecule has 0 aliphatic rings. The quantitative estimate of drug-likeness (QED) is 0.398. The Balaban J connectivity index is 1.36. The number of fused-ring (bicyclic) bond motifs is 1.